The van der Waals surface area contributed by atoms with E-state index in [1.54, 1.807) is 6.20 Å². The number of hydrogen-bond donors (Lipinski definition) is 1. The van der Waals surface area contributed by atoms with Gasteiger partial charge in [-0.2, -0.15) is 0 Å². The number of aromatic nitrogens is 1. The standard InChI is InChI=1S/C17H16N2O/c1-12-5-4-10-19-16(12)11-20-17-9-8-15(18)13-6-2-3-7-14(13)17/h2-10H,11,18H2,1H3. The van der Waals surface area contributed by atoms with Crippen LogP contribution in [0.4, 0.5) is 5.69 Å². The minimum absolute atomic E-state index is 0.459. The number of nitrogen functional groups attached to an aromatic ring is 1. The third-order valence-electron chi connectivity index (χ3n) is 3.40. The molecule has 0 fully saturated rings. The van der Waals surface area contributed by atoms with E-state index < -0.39 is 0 Å². The Morgan fingerprint density at radius 1 is 1.00 bits per heavy atom. The van der Waals surface area contributed by atoms with Gasteiger partial charge in [0.05, 0.1) is 5.69 Å². The zero-order valence-corrected chi connectivity index (χ0v) is 11.3. The van der Waals surface area contributed by atoms with Gasteiger partial charge in [-0.25, -0.2) is 0 Å². The molecule has 0 aliphatic heterocycles. The first kappa shape index (κ1) is 12.5. The molecule has 0 radical (unpaired) electrons. The van der Waals surface area contributed by atoms with Crippen LogP contribution in [-0.4, -0.2) is 4.98 Å². The number of nitrogens with zero attached hydrogens (tertiary/aromatic N) is 1. The van der Waals surface area contributed by atoms with Gasteiger partial charge in [0.2, 0.25) is 0 Å². The summed E-state index contributed by atoms with van der Waals surface area (Å²) in [6.45, 7) is 2.49. The first-order chi connectivity index (χ1) is 9.75. The van der Waals surface area contributed by atoms with Gasteiger partial charge < -0.3 is 10.5 Å². The molecule has 0 unspecified atom stereocenters. The van der Waals surface area contributed by atoms with Gasteiger partial charge in [-0.3, -0.25) is 4.98 Å². The van der Waals surface area contributed by atoms with Crippen LogP contribution < -0.4 is 10.5 Å². The molecule has 2 aromatic carbocycles. The molecular weight excluding hydrogens is 248 g/mol. The van der Waals surface area contributed by atoms with Gasteiger partial charge in [0.1, 0.15) is 12.4 Å². The Morgan fingerprint density at radius 2 is 1.80 bits per heavy atom. The summed E-state index contributed by atoms with van der Waals surface area (Å²) in [7, 11) is 0. The van der Waals surface area contributed by atoms with E-state index in [1.807, 2.05) is 55.5 Å². The van der Waals surface area contributed by atoms with Crippen LogP contribution in [0.5, 0.6) is 5.75 Å². The van der Waals surface area contributed by atoms with Crippen molar-refractivity contribution in [3.8, 4) is 5.75 Å². The number of pyridine rings is 1. The maximum absolute atomic E-state index is 5.99. The van der Waals surface area contributed by atoms with E-state index >= 15 is 0 Å². The molecule has 0 spiro atoms. The van der Waals surface area contributed by atoms with Crippen molar-refractivity contribution in [3.63, 3.8) is 0 Å². The highest BCUT2D eigenvalue weighted by atomic mass is 16.5. The monoisotopic (exact) mass is 264 g/mol. The van der Waals surface area contributed by atoms with Gasteiger partial charge >= 0.3 is 0 Å². The van der Waals surface area contributed by atoms with Gasteiger partial charge in [0.15, 0.2) is 0 Å². The van der Waals surface area contributed by atoms with Crippen molar-refractivity contribution in [1.29, 1.82) is 0 Å². The van der Waals surface area contributed by atoms with E-state index in [2.05, 4.69) is 4.98 Å². The molecule has 0 aliphatic rings. The molecule has 1 aromatic heterocycles. The summed E-state index contributed by atoms with van der Waals surface area (Å²) < 4.78 is 5.92. The van der Waals surface area contributed by atoms with Crippen molar-refractivity contribution >= 4 is 16.5 Å². The van der Waals surface area contributed by atoms with Crippen LogP contribution in [0, 0.1) is 6.92 Å². The van der Waals surface area contributed by atoms with E-state index in [9.17, 15) is 0 Å². The average Bonchev–Trinajstić information content (AvgIpc) is 2.48. The Hall–Kier alpha value is -2.55. The quantitative estimate of drug-likeness (QED) is 0.734. The van der Waals surface area contributed by atoms with Crippen LogP contribution in [0.1, 0.15) is 11.3 Å². The molecule has 100 valence electrons. The van der Waals surface area contributed by atoms with Crippen LogP contribution >= 0.6 is 0 Å². The predicted molar refractivity (Wildman–Crippen MR) is 81.7 cm³/mol. The summed E-state index contributed by atoms with van der Waals surface area (Å²) in [6, 6.07) is 15.7. The van der Waals surface area contributed by atoms with Gasteiger partial charge in [0, 0.05) is 22.7 Å². The summed E-state index contributed by atoms with van der Waals surface area (Å²) in [6.07, 6.45) is 1.78. The summed E-state index contributed by atoms with van der Waals surface area (Å²) in [5.74, 6) is 0.833. The Morgan fingerprint density at radius 3 is 2.60 bits per heavy atom. The normalized spacial score (nSPS) is 10.7. The first-order valence-electron chi connectivity index (χ1n) is 6.56. The van der Waals surface area contributed by atoms with Crippen molar-refractivity contribution in [3.05, 3.63) is 66.0 Å². The second-order valence-electron chi connectivity index (χ2n) is 4.75. The average molecular weight is 264 g/mol. The van der Waals surface area contributed by atoms with Gasteiger partial charge in [0.25, 0.3) is 0 Å². The summed E-state index contributed by atoms with van der Waals surface area (Å²) in [5, 5.41) is 2.05. The molecule has 0 bridgehead atoms. The van der Waals surface area contributed by atoms with Crippen molar-refractivity contribution in [2.45, 2.75) is 13.5 Å². The molecule has 3 aromatic rings. The number of nitrogens with two attached hydrogens (primary N) is 1. The number of aryl methyl sites for hydroxylation is 1. The Bertz CT molecular complexity index is 753. The highest BCUT2D eigenvalue weighted by Gasteiger charge is 2.06. The van der Waals surface area contributed by atoms with Gasteiger partial charge in [-0.1, -0.05) is 30.3 Å². The van der Waals surface area contributed by atoms with E-state index in [-0.39, 0.29) is 0 Å². The lowest BCUT2D eigenvalue weighted by Crippen LogP contribution is -2.01. The number of hydrogen-bond acceptors (Lipinski definition) is 3. The fourth-order valence-electron chi connectivity index (χ4n) is 2.24. The van der Waals surface area contributed by atoms with Crippen LogP contribution in [0.2, 0.25) is 0 Å². The lowest BCUT2D eigenvalue weighted by Gasteiger charge is -2.11. The van der Waals surface area contributed by atoms with E-state index in [1.165, 1.54) is 0 Å². The lowest BCUT2D eigenvalue weighted by molar-refractivity contribution is 0.304. The molecule has 1 heterocycles. The Kier molecular flexibility index (Phi) is 3.25. The molecule has 3 rings (SSSR count). The topological polar surface area (TPSA) is 48.1 Å². The molecular formula is C17H16N2O. The predicted octanol–water partition coefficient (Wildman–Crippen LogP) is 3.70. The van der Waals surface area contributed by atoms with Crippen LogP contribution in [0.25, 0.3) is 10.8 Å². The SMILES string of the molecule is Cc1cccnc1COc1ccc(N)c2ccccc12. The van der Waals surface area contributed by atoms with E-state index in [0.717, 1.165) is 33.5 Å². The molecule has 2 N–H and O–H groups in total. The molecule has 3 nitrogen and oxygen atoms in total. The number of benzene rings is 2. The molecule has 0 amide bonds. The Labute approximate surface area is 118 Å². The number of ether oxygens (including phenoxy) is 1. The molecule has 0 atom stereocenters. The zero-order valence-electron chi connectivity index (χ0n) is 11.3. The maximum Gasteiger partial charge on any atom is 0.130 e. The maximum atomic E-state index is 5.99. The molecule has 0 saturated heterocycles. The smallest absolute Gasteiger partial charge is 0.130 e. The summed E-state index contributed by atoms with van der Waals surface area (Å²) in [5.41, 5.74) is 8.84. The van der Waals surface area contributed by atoms with Crippen LogP contribution in [-0.2, 0) is 6.61 Å². The molecule has 0 saturated carbocycles. The Balaban J connectivity index is 1.92. The van der Waals surface area contributed by atoms with Crippen molar-refractivity contribution in [2.24, 2.45) is 0 Å². The largest absolute Gasteiger partial charge is 0.487 e. The fourth-order valence-corrected chi connectivity index (χ4v) is 2.24. The summed E-state index contributed by atoms with van der Waals surface area (Å²) >= 11 is 0. The van der Waals surface area contributed by atoms with Crippen LogP contribution in [0.15, 0.2) is 54.7 Å². The third-order valence-corrected chi connectivity index (χ3v) is 3.40. The summed E-state index contributed by atoms with van der Waals surface area (Å²) in [4.78, 5) is 4.34. The zero-order chi connectivity index (χ0) is 13.9. The molecule has 0 aliphatic carbocycles. The van der Waals surface area contributed by atoms with Crippen molar-refractivity contribution < 1.29 is 4.74 Å². The first-order valence-corrected chi connectivity index (χ1v) is 6.56. The third kappa shape index (κ3) is 2.30. The molecule has 3 heteroatoms. The van der Waals surface area contributed by atoms with E-state index in [0.29, 0.717) is 6.61 Å². The minimum Gasteiger partial charge on any atom is -0.487 e. The van der Waals surface area contributed by atoms with Crippen LogP contribution in [0.3, 0.4) is 0 Å². The fraction of sp³-hybridized carbons (Fsp3) is 0.118. The van der Waals surface area contributed by atoms with E-state index in [4.69, 9.17) is 10.5 Å². The number of fused-ring (bicyclic) bond motifs is 1. The number of rotatable bonds is 3. The van der Waals surface area contributed by atoms with Gasteiger partial charge in [-0.15, -0.1) is 0 Å². The minimum atomic E-state index is 0.459. The van der Waals surface area contributed by atoms with Crippen molar-refractivity contribution in [1.82, 2.24) is 4.98 Å². The number of anilines is 1. The second-order valence-corrected chi connectivity index (χ2v) is 4.75. The van der Waals surface area contributed by atoms with Crippen molar-refractivity contribution in [2.75, 3.05) is 5.73 Å². The van der Waals surface area contributed by atoms with Gasteiger partial charge in [-0.05, 0) is 30.7 Å². The molecule has 20 heavy (non-hydrogen) atoms. The second kappa shape index (κ2) is 5.21. The lowest BCUT2D eigenvalue weighted by atomic mass is 10.1. The highest BCUT2D eigenvalue weighted by molar-refractivity contribution is 5.96. The highest BCUT2D eigenvalue weighted by Crippen LogP contribution is 2.30.